The third kappa shape index (κ3) is 2.74. The normalized spacial score (nSPS) is 10.2. The van der Waals surface area contributed by atoms with E-state index in [2.05, 4.69) is 38.4 Å². The van der Waals surface area contributed by atoms with Gasteiger partial charge in [-0.15, -0.1) is 0 Å². The van der Waals surface area contributed by atoms with Crippen molar-refractivity contribution in [2.24, 2.45) is 0 Å². The number of benzene rings is 1. The minimum atomic E-state index is -0.210. The monoisotopic (exact) mass is 293 g/mol. The van der Waals surface area contributed by atoms with E-state index >= 15 is 0 Å². The third-order valence-electron chi connectivity index (χ3n) is 2.44. The lowest BCUT2D eigenvalue weighted by molar-refractivity contribution is 0.102. The summed E-state index contributed by atoms with van der Waals surface area (Å²) >= 11 is 3.25. The number of H-pyrrole nitrogens is 1. The molecule has 1 amide bonds. The molecule has 0 aliphatic rings. The van der Waals surface area contributed by atoms with E-state index in [1.54, 1.807) is 6.20 Å². The van der Waals surface area contributed by atoms with Gasteiger partial charge in [-0.1, -0.05) is 19.1 Å². The molecule has 2 rings (SSSR count). The summed E-state index contributed by atoms with van der Waals surface area (Å²) in [7, 11) is 0. The van der Waals surface area contributed by atoms with E-state index < -0.39 is 0 Å². The van der Waals surface area contributed by atoms with Crippen LogP contribution in [0.15, 0.2) is 34.9 Å². The molecule has 2 aromatic rings. The van der Waals surface area contributed by atoms with Crippen molar-refractivity contribution >= 4 is 27.5 Å². The predicted molar refractivity (Wildman–Crippen MR) is 70.1 cm³/mol. The first kappa shape index (κ1) is 11.9. The molecule has 0 atom stereocenters. The standard InChI is InChI=1S/C12H12BrN3O/c1-2-8-3-5-9(6-4-8)15-12(17)11-10(13)7-14-16-11/h3-7H,2H2,1H3,(H,14,16)(H,15,17). The summed E-state index contributed by atoms with van der Waals surface area (Å²) in [6.07, 6.45) is 2.54. The number of aryl methyl sites for hydroxylation is 1. The summed E-state index contributed by atoms with van der Waals surface area (Å²) in [6.45, 7) is 2.09. The number of halogens is 1. The zero-order chi connectivity index (χ0) is 12.3. The van der Waals surface area contributed by atoms with Gasteiger partial charge in [-0.3, -0.25) is 9.89 Å². The van der Waals surface area contributed by atoms with E-state index in [0.29, 0.717) is 10.2 Å². The molecule has 0 aliphatic heterocycles. The van der Waals surface area contributed by atoms with Gasteiger partial charge in [-0.25, -0.2) is 0 Å². The Labute approximate surface area is 108 Å². The summed E-state index contributed by atoms with van der Waals surface area (Å²) in [5.41, 5.74) is 2.43. The molecule has 1 aromatic carbocycles. The second-order valence-electron chi connectivity index (χ2n) is 3.60. The maximum atomic E-state index is 11.8. The van der Waals surface area contributed by atoms with Crippen molar-refractivity contribution in [3.05, 3.63) is 46.2 Å². The molecule has 0 saturated heterocycles. The molecular formula is C12H12BrN3O. The fraction of sp³-hybridized carbons (Fsp3) is 0.167. The summed E-state index contributed by atoms with van der Waals surface area (Å²) in [6, 6.07) is 7.78. The number of anilines is 1. The van der Waals surface area contributed by atoms with Crippen molar-refractivity contribution in [2.75, 3.05) is 5.32 Å². The molecule has 1 heterocycles. The quantitative estimate of drug-likeness (QED) is 0.914. The number of nitrogens with one attached hydrogen (secondary N) is 2. The Bertz CT molecular complexity index is 519. The highest BCUT2D eigenvalue weighted by Gasteiger charge is 2.11. The second kappa shape index (κ2) is 5.14. The molecule has 5 heteroatoms. The summed E-state index contributed by atoms with van der Waals surface area (Å²) in [5, 5.41) is 9.21. The van der Waals surface area contributed by atoms with Crippen molar-refractivity contribution in [3.63, 3.8) is 0 Å². The highest BCUT2D eigenvalue weighted by atomic mass is 79.9. The van der Waals surface area contributed by atoms with Crippen molar-refractivity contribution in [3.8, 4) is 0 Å². The Hall–Kier alpha value is -1.62. The van der Waals surface area contributed by atoms with Gasteiger partial charge in [0.2, 0.25) is 0 Å². The number of rotatable bonds is 3. The average molecular weight is 294 g/mol. The van der Waals surface area contributed by atoms with E-state index in [-0.39, 0.29) is 5.91 Å². The van der Waals surface area contributed by atoms with Crippen LogP contribution in [0.2, 0.25) is 0 Å². The molecular weight excluding hydrogens is 282 g/mol. The minimum Gasteiger partial charge on any atom is -0.321 e. The van der Waals surface area contributed by atoms with Crippen LogP contribution in [0.4, 0.5) is 5.69 Å². The Kier molecular flexibility index (Phi) is 3.58. The Morgan fingerprint density at radius 2 is 2.12 bits per heavy atom. The highest BCUT2D eigenvalue weighted by Crippen LogP contribution is 2.15. The summed E-state index contributed by atoms with van der Waals surface area (Å²) in [5.74, 6) is -0.210. The van der Waals surface area contributed by atoms with Crippen LogP contribution < -0.4 is 5.32 Å². The van der Waals surface area contributed by atoms with Gasteiger partial charge in [0.05, 0.1) is 10.7 Å². The molecule has 2 N–H and O–H groups in total. The van der Waals surface area contributed by atoms with E-state index in [9.17, 15) is 4.79 Å². The molecule has 4 nitrogen and oxygen atoms in total. The molecule has 0 saturated carbocycles. The number of hydrogen-bond acceptors (Lipinski definition) is 2. The van der Waals surface area contributed by atoms with Crippen LogP contribution in [-0.4, -0.2) is 16.1 Å². The SMILES string of the molecule is CCc1ccc(NC(=O)c2[nH]ncc2Br)cc1. The second-order valence-corrected chi connectivity index (χ2v) is 4.45. The number of amides is 1. The number of nitrogens with zero attached hydrogens (tertiary/aromatic N) is 1. The van der Waals surface area contributed by atoms with Crippen molar-refractivity contribution in [1.29, 1.82) is 0 Å². The molecule has 0 unspecified atom stereocenters. The topological polar surface area (TPSA) is 57.8 Å². The lowest BCUT2D eigenvalue weighted by Gasteiger charge is -2.04. The van der Waals surface area contributed by atoms with Crippen LogP contribution in [0.5, 0.6) is 0 Å². The van der Waals surface area contributed by atoms with Gasteiger partial charge in [0.1, 0.15) is 5.69 Å². The zero-order valence-corrected chi connectivity index (χ0v) is 10.9. The Balaban J connectivity index is 2.10. The first-order valence-corrected chi connectivity index (χ1v) is 6.09. The van der Waals surface area contributed by atoms with Gasteiger partial charge in [0.25, 0.3) is 5.91 Å². The molecule has 1 aromatic heterocycles. The average Bonchev–Trinajstić information content (AvgIpc) is 2.76. The molecule has 0 bridgehead atoms. The zero-order valence-electron chi connectivity index (χ0n) is 9.33. The van der Waals surface area contributed by atoms with E-state index in [0.717, 1.165) is 12.1 Å². The smallest absolute Gasteiger partial charge is 0.274 e. The molecule has 0 aliphatic carbocycles. The number of aromatic amines is 1. The lowest BCUT2D eigenvalue weighted by atomic mass is 10.1. The Morgan fingerprint density at radius 3 is 2.65 bits per heavy atom. The van der Waals surface area contributed by atoms with Gasteiger partial charge in [0.15, 0.2) is 0 Å². The maximum absolute atomic E-state index is 11.8. The van der Waals surface area contributed by atoms with Crippen LogP contribution in [0.3, 0.4) is 0 Å². The van der Waals surface area contributed by atoms with Gasteiger partial charge >= 0.3 is 0 Å². The maximum Gasteiger partial charge on any atom is 0.274 e. The largest absolute Gasteiger partial charge is 0.321 e. The van der Waals surface area contributed by atoms with Gasteiger partial charge in [0, 0.05) is 5.69 Å². The van der Waals surface area contributed by atoms with Gasteiger partial charge < -0.3 is 5.32 Å². The van der Waals surface area contributed by atoms with Crippen LogP contribution in [0.25, 0.3) is 0 Å². The number of carbonyl (C=O) groups excluding carboxylic acids is 1. The first-order valence-electron chi connectivity index (χ1n) is 5.30. The van der Waals surface area contributed by atoms with Crippen molar-refractivity contribution in [2.45, 2.75) is 13.3 Å². The fourth-order valence-corrected chi connectivity index (χ4v) is 1.82. The van der Waals surface area contributed by atoms with E-state index in [1.165, 1.54) is 5.56 Å². The Morgan fingerprint density at radius 1 is 1.41 bits per heavy atom. The van der Waals surface area contributed by atoms with Gasteiger partial charge in [-0.2, -0.15) is 5.10 Å². The van der Waals surface area contributed by atoms with Crippen LogP contribution in [0, 0.1) is 0 Å². The molecule has 0 fully saturated rings. The minimum absolute atomic E-state index is 0.210. The van der Waals surface area contributed by atoms with Crippen molar-refractivity contribution < 1.29 is 4.79 Å². The lowest BCUT2D eigenvalue weighted by Crippen LogP contribution is -2.12. The van der Waals surface area contributed by atoms with E-state index in [1.807, 2.05) is 24.3 Å². The van der Waals surface area contributed by atoms with Crippen LogP contribution in [0.1, 0.15) is 23.0 Å². The first-order chi connectivity index (χ1) is 8.20. The van der Waals surface area contributed by atoms with Crippen molar-refractivity contribution in [1.82, 2.24) is 10.2 Å². The molecule has 0 spiro atoms. The molecule has 0 radical (unpaired) electrons. The number of hydrogen-bond donors (Lipinski definition) is 2. The number of carbonyl (C=O) groups is 1. The van der Waals surface area contributed by atoms with E-state index in [4.69, 9.17) is 0 Å². The van der Waals surface area contributed by atoms with Gasteiger partial charge in [-0.05, 0) is 40.0 Å². The molecule has 17 heavy (non-hydrogen) atoms. The summed E-state index contributed by atoms with van der Waals surface area (Å²) in [4.78, 5) is 11.8. The number of aromatic nitrogens is 2. The third-order valence-corrected chi connectivity index (χ3v) is 3.04. The predicted octanol–water partition coefficient (Wildman–Crippen LogP) is 2.99. The highest BCUT2D eigenvalue weighted by molar-refractivity contribution is 9.10. The molecule has 88 valence electrons. The fourth-order valence-electron chi connectivity index (χ4n) is 1.45. The summed E-state index contributed by atoms with van der Waals surface area (Å²) < 4.78 is 0.653. The van der Waals surface area contributed by atoms with Crippen LogP contribution in [-0.2, 0) is 6.42 Å². The van der Waals surface area contributed by atoms with Crippen LogP contribution >= 0.6 is 15.9 Å².